The first kappa shape index (κ1) is 10.7. The van der Waals surface area contributed by atoms with Crippen molar-refractivity contribution in [2.75, 3.05) is 5.73 Å². The number of nitrogens with two attached hydrogens (primary N) is 1. The van der Waals surface area contributed by atoms with Crippen molar-refractivity contribution in [1.29, 1.82) is 0 Å². The smallest absolute Gasteiger partial charge is 0.267 e. The molecule has 0 aliphatic heterocycles. The van der Waals surface area contributed by atoms with Crippen LogP contribution in [0.5, 0.6) is 0 Å². The van der Waals surface area contributed by atoms with Crippen molar-refractivity contribution in [3.05, 3.63) is 45.8 Å². The lowest BCUT2D eigenvalue weighted by Gasteiger charge is -2.06. The van der Waals surface area contributed by atoms with Crippen molar-refractivity contribution in [3.8, 4) is 11.1 Å². The molecule has 0 saturated carbocycles. The Kier molecular flexibility index (Phi) is 2.66. The van der Waals surface area contributed by atoms with E-state index in [4.69, 9.17) is 17.3 Å². The third-order valence-electron chi connectivity index (χ3n) is 2.29. The summed E-state index contributed by atoms with van der Waals surface area (Å²) >= 11 is 5.88. The number of hydrogen-bond donors (Lipinski definition) is 1. The first-order valence-corrected chi connectivity index (χ1v) is 5.04. The highest BCUT2D eigenvalue weighted by Crippen LogP contribution is 2.27. The van der Waals surface area contributed by atoms with Crippen LogP contribution in [-0.2, 0) is 7.05 Å². The quantitative estimate of drug-likeness (QED) is 0.765. The monoisotopic (exact) mass is 235 g/mol. The molecule has 1 aromatic carbocycles. The summed E-state index contributed by atoms with van der Waals surface area (Å²) in [7, 11) is 1.59. The van der Waals surface area contributed by atoms with Gasteiger partial charge in [-0.05, 0) is 18.2 Å². The molecule has 0 amide bonds. The standard InChI is InChI=1S/C11H10ClN3O/c1-15-11(16)4-7(6-14-15)9-5-8(12)2-3-10(9)13/h2-6H,13H2,1H3. The molecule has 16 heavy (non-hydrogen) atoms. The third kappa shape index (κ3) is 1.92. The highest BCUT2D eigenvalue weighted by atomic mass is 35.5. The number of anilines is 1. The van der Waals surface area contributed by atoms with E-state index in [1.54, 1.807) is 31.4 Å². The number of halogens is 1. The first-order valence-electron chi connectivity index (χ1n) is 4.66. The topological polar surface area (TPSA) is 60.9 Å². The zero-order valence-corrected chi connectivity index (χ0v) is 9.40. The fraction of sp³-hybridized carbons (Fsp3) is 0.0909. The minimum atomic E-state index is -0.183. The van der Waals surface area contributed by atoms with Crippen LogP contribution in [0.4, 0.5) is 5.69 Å². The maximum absolute atomic E-state index is 11.4. The van der Waals surface area contributed by atoms with Crippen LogP contribution in [0.1, 0.15) is 0 Å². The van der Waals surface area contributed by atoms with Gasteiger partial charge in [0.1, 0.15) is 0 Å². The van der Waals surface area contributed by atoms with Gasteiger partial charge in [0.15, 0.2) is 0 Å². The van der Waals surface area contributed by atoms with Crippen LogP contribution in [0.2, 0.25) is 5.02 Å². The Morgan fingerprint density at radius 3 is 2.81 bits per heavy atom. The molecule has 1 aromatic heterocycles. The number of hydrogen-bond acceptors (Lipinski definition) is 3. The lowest BCUT2D eigenvalue weighted by molar-refractivity contribution is 0.708. The molecule has 0 fully saturated rings. The van der Waals surface area contributed by atoms with E-state index in [1.165, 1.54) is 10.7 Å². The van der Waals surface area contributed by atoms with Crippen LogP contribution in [0, 0.1) is 0 Å². The Hall–Kier alpha value is -1.81. The van der Waals surface area contributed by atoms with E-state index < -0.39 is 0 Å². The van der Waals surface area contributed by atoms with E-state index >= 15 is 0 Å². The van der Waals surface area contributed by atoms with Crippen LogP contribution in [-0.4, -0.2) is 9.78 Å². The molecule has 82 valence electrons. The summed E-state index contributed by atoms with van der Waals surface area (Å²) < 4.78 is 1.25. The minimum absolute atomic E-state index is 0.183. The SMILES string of the molecule is Cn1ncc(-c2cc(Cl)ccc2N)cc1=O. The molecule has 0 aliphatic rings. The van der Waals surface area contributed by atoms with E-state index in [9.17, 15) is 4.79 Å². The summed E-state index contributed by atoms with van der Waals surface area (Å²) in [6.45, 7) is 0. The zero-order chi connectivity index (χ0) is 11.7. The lowest BCUT2D eigenvalue weighted by atomic mass is 10.1. The lowest BCUT2D eigenvalue weighted by Crippen LogP contribution is -2.17. The average Bonchev–Trinajstić information content (AvgIpc) is 2.26. The van der Waals surface area contributed by atoms with E-state index in [0.717, 1.165) is 5.56 Å². The molecule has 0 atom stereocenters. The maximum Gasteiger partial charge on any atom is 0.267 e. The number of benzene rings is 1. The van der Waals surface area contributed by atoms with Crippen molar-refractivity contribution in [1.82, 2.24) is 9.78 Å². The molecule has 0 aliphatic carbocycles. The highest BCUT2D eigenvalue weighted by Gasteiger charge is 2.05. The van der Waals surface area contributed by atoms with Gasteiger partial charge in [-0.25, -0.2) is 4.68 Å². The molecular formula is C11H10ClN3O. The Bertz CT molecular complexity index is 592. The van der Waals surface area contributed by atoms with Crippen LogP contribution >= 0.6 is 11.6 Å². The fourth-order valence-electron chi connectivity index (χ4n) is 1.40. The summed E-state index contributed by atoms with van der Waals surface area (Å²) in [6, 6.07) is 6.60. The van der Waals surface area contributed by atoms with Crippen molar-refractivity contribution in [3.63, 3.8) is 0 Å². The van der Waals surface area contributed by atoms with E-state index in [0.29, 0.717) is 16.3 Å². The maximum atomic E-state index is 11.4. The van der Waals surface area contributed by atoms with Gasteiger partial charge in [-0.2, -0.15) is 5.10 Å². The minimum Gasteiger partial charge on any atom is -0.398 e. The second-order valence-electron chi connectivity index (χ2n) is 3.44. The zero-order valence-electron chi connectivity index (χ0n) is 8.64. The van der Waals surface area contributed by atoms with Gasteiger partial charge >= 0.3 is 0 Å². The largest absolute Gasteiger partial charge is 0.398 e. The van der Waals surface area contributed by atoms with Crippen LogP contribution in [0.15, 0.2) is 35.3 Å². The highest BCUT2D eigenvalue weighted by molar-refractivity contribution is 6.31. The first-order chi connectivity index (χ1) is 7.58. The molecule has 0 spiro atoms. The number of nitrogen functional groups attached to an aromatic ring is 1. The van der Waals surface area contributed by atoms with Crippen molar-refractivity contribution >= 4 is 17.3 Å². The van der Waals surface area contributed by atoms with Crippen molar-refractivity contribution in [2.45, 2.75) is 0 Å². The van der Waals surface area contributed by atoms with E-state index in [-0.39, 0.29) is 5.56 Å². The fourth-order valence-corrected chi connectivity index (χ4v) is 1.57. The molecule has 1 heterocycles. The molecule has 0 saturated heterocycles. The predicted octanol–water partition coefficient (Wildman–Crippen LogP) is 1.68. The average molecular weight is 236 g/mol. The summed E-state index contributed by atoms with van der Waals surface area (Å²) in [6.07, 6.45) is 1.59. The Morgan fingerprint density at radius 1 is 1.38 bits per heavy atom. The number of nitrogens with zero attached hydrogens (tertiary/aromatic N) is 2. The molecule has 2 N–H and O–H groups in total. The predicted molar refractivity (Wildman–Crippen MR) is 64.3 cm³/mol. The van der Waals surface area contributed by atoms with Crippen molar-refractivity contribution in [2.24, 2.45) is 7.05 Å². The van der Waals surface area contributed by atoms with Gasteiger partial charge in [-0.3, -0.25) is 4.79 Å². The molecular weight excluding hydrogens is 226 g/mol. The van der Waals surface area contributed by atoms with Gasteiger partial charge in [0, 0.05) is 35.0 Å². The van der Waals surface area contributed by atoms with Crippen molar-refractivity contribution < 1.29 is 0 Å². The van der Waals surface area contributed by atoms with Gasteiger partial charge in [0.05, 0.1) is 6.20 Å². The van der Waals surface area contributed by atoms with Crippen LogP contribution < -0.4 is 11.3 Å². The second-order valence-corrected chi connectivity index (χ2v) is 3.87. The molecule has 0 radical (unpaired) electrons. The molecule has 0 bridgehead atoms. The third-order valence-corrected chi connectivity index (χ3v) is 2.53. The van der Waals surface area contributed by atoms with Gasteiger partial charge < -0.3 is 5.73 Å². The van der Waals surface area contributed by atoms with Gasteiger partial charge in [-0.15, -0.1) is 0 Å². The van der Waals surface area contributed by atoms with Crippen LogP contribution in [0.3, 0.4) is 0 Å². The van der Waals surface area contributed by atoms with Gasteiger partial charge in [-0.1, -0.05) is 11.6 Å². The van der Waals surface area contributed by atoms with Gasteiger partial charge in [0.25, 0.3) is 5.56 Å². The molecule has 2 rings (SSSR count). The Morgan fingerprint density at radius 2 is 2.12 bits per heavy atom. The number of rotatable bonds is 1. The van der Waals surface area contributed by atoms with E-state index in [2.05, 4.69) is 5.10 Å². The molecule has 0 unspecified atom stereocenters. The summed E-state index contributed by atoms with van der Waals surface area (Å²) in [5, 5.41) is 4.51. The molecule has 4 nitrogen and oxygen atoms in total. The summed E-state index contributed by atoms with van der Waals surface area (Å²) in [4.78, 5) is 11.4. The number of aromatic nitrogens is 2. The van der Waals surface area contributed by atoms with Crippen LogP contribution in [0.25, 0.3) is 11.1 Å². The molecule has 5 heteroatoms. The van der Waals surface area contributed by atoms with E-state index in [1.807, 2.05) is 0 Å². The van der Waals surface area contributed by atoms with Gasteiger partial charge in [0.2, 0.25) is 0 Å². The summed E-state index contributed by atoms with van der Waals surface area (Å²) in [5.74, 6) is 0. The second kappa shape index (κ2) is 3.98. The Labute approximate surface area is 97.3 Å². The molecule has 2 aromatic rings. The summed E-state index contributed by atoms with van der Waals surface area (Å²) in [5.41, 5.74) is 7.59. The number of aryl methyl sites for hydroxylation is 1. The Balaban J connectivity index is 2.63. The normalized spacial score (nSPS) is 10.4.